The fraction of sp³-hybridized carbons (Fsp3) is 0.696. The van der Waals surface area contributed by atoms with Gasteiger partial charge in [0.25, 0.3) is 0 Å². The molecule has 1 aromatic carbocycles. The van der Waals surface area contributed by atoms with Gasteiger partial charge in [0.1, 0.15) is 5.75 Å². The number of nitrogens with zero attached hydrogens (tertiary/aromatic N) is 2. The van der Waals surface area contributed by atoms with Crippen LogP contribution in [0.4, 0.5) is 4.79 Å². The molecule has 30 heavy (non-hydrogen) atoms. The van der Waals surface area contributed by atoms with Crippen molar-refractivity contribution in [2.24, 2.45) is 5.92 Å². The van der Waals surface area contributed by atoms with Crippen molar-refractivity contribution in [3.05, 3.63) is 29.3 Å². The summed E-state index contributed by atoms with van der Waals surface area (Å²) in [6, 6.07) is 7.15. The van der Waals surface area contributed by atoms with E-state index in [1.54, 1.807) is 29.2 Å². The molecule has 2 rings (SSSR count). The molecule has 1 amide bonds. The molecule has 1 fully saturated rings. The van der Waals surface area contributed by atoms with Crippen LogP contribution in [0.1, 0.15) is 58.3 Å². The lowest BCUT2D eigenvalue weighted by atomic mass is 9.82. The monoisotopic (exact) mass is 460 g/mol. The molecule has 0 aromatic heterocycles. The molecule has 0 unspecified atom stereocenters. The number of amides is 1. The third-order valence-electron chi connectivity index (χ3n) is 6.12. The lowest BCUT2D eigenvalue weighted by molar-refractivity contribution is 0.123. The summed E-state index contributed by atoms with van der Waals surface area (Å²) in [4.78, 5) is 16.5. The van der Waals surface area contributed by atoms with Crippen molar-refractivity contribution in [2.45, 2.75) is 64.3 Å². The predicted molar refractivity (Wildman–Crippen MR) is 126 cm³/mol. The van der Waals surface area contributed by atoms with E-state index in [1.165, 1.54) is 38.5 Å². The van der Waals surface area contributed by atoms with Gasteiger partial charge in [-0.25, -0.2) is 4.79 Å². The molecule has 0 radical (unpaired) electrons. The van der Waals surface area contributed by atoms with Gasteiger partial charge in [-0.2, -0.15) is 0 Å². The van der Waals surface area contributed by atoms with E-state index in [9.17, 15) is 4.79 Å². The summed E-state index contributed by atoms with van der Waals surface area (Å²) in [6.45, 7) is 5.28. The summed E-state index contributed by atoms with van der Waals surface area (Å²) >= 11 is 5.87. The maximum Gasteiger partial charge on any atom is 0.415 e. The summed E-state index contributed by atoms with van der Waals surface area (Å²) in [5.41, 5.74) is 0. The molecule has 172 valence electrons. The Balaban J connectivity index is 0.00000450. The summed E-state index contributed by atoms with van der Waals surface area (Å²) in [5, 5.41) is 9.67. The Labute approximate surface area is 193 Å². The van der Waals surface area contributed by atoms with Gasteiger partial charge in [-0.1, -0.05) is 37.8 Å². The van der Waals surface area contributed by atoms with Gasteiger partial charge in [0.05, 0.1) is 6.61 Å². The minimum Gasteiger partial charge on any atom is -0.410 e. The predicted octanol–water partition coefficient (Wildman–Crippen LogP) is 5.63. The summed E-state index contributed by atoms with van der Waals surface area (Å²) < 4.78 is 5.46. The van der Waals surface area contributed by atoms with Crippen LogP contribution >= 0.6 is 24.0 Å². The minimum absolute atomic E-state index is 0. The molecule has 0 spiro atoms. The number of hydrogen-bond acceptors (Lipinski definition) is 4. The lowest BCUT2D eigenvalue weighted by Crippen LogP contribution is -2.41. The highest BCUT2D eigenvalue weighted by Gasteiger charge is 2.27. The summed E-state index contributed by atoms with van der Waals surface area (Å²) in [7, 11) is 1.84. The van der Waals surface area contributed by atoms with Gasteiger partial charge in [0, 0.05) is 24.7 Å². The van der Waals surface area contributed by atoms with Gasteiger partial charge in [-0.3, -0.25) is 0 Å². The van der Waals surface area contributed by atoms with Crippen LogP contribution in [-0.4, -0.2) is 60.3 Å². The lowest BCUT2D eigenvalue weighted by Gasteiger charge is -2.34. The number of aliphatic hydroxyl groups is 1. The SMILES string of the molecule is CCN(CCO)CCCCCC1CCC(N(C)C(=O)Oc2ccc(Cl)cc2)CC1.Cl. The van der Waals surface area contributed by atoms with E-state index >= 15 is 0 Å². The highest BCUT2D eigenvalue weighted by atomic mass is 35.5. The Kier molecular flexibility index (Phi) is 13.4. The second-order valence-corrected chi connectivity index (χ2v) is 8.55. The summed E-state index contributed by atoms with van der Waals surface area (Å²) in [5.74, 6) is 1.31. The molecule has 0 aliphatic heterocycles. The summed E-state index contributed by atoms with van der Waals surface area (Å²) in [6.07, 6.45) is 9.23. The number of ether oxygens (including phenoxy) is 1. The average molecular weight is 461 g/mol. The number of halogens is 2. The fourth-order valence-electron chi connectivity index (χ4n) is 4.16. The van der Waals surface area contributed by atoms with Crippen LogP contribution in [0.3, 0.4) is 0 Å². The zero-order valence-electron chi connectivity index (χ0n) is 18.4. The number of rotatable bonds is 11. The third-order valence-corrected chi connectivity index (χ3v) is 6.37. The van der Waals surface area contributed by atoms with Crippen LogP contribution in [-0.2, 0) is 0 Å². The van der Waals surface area contributed by atoms with Crippen LogP contribution in [0.5, 0.6) is 5.75 Å². The third kappa shape index (κ3) is 9.42. The molecule has 1 aliphatic rings. The van der Waals surface area contributed by atoms with Crippen molar-refractivity contribution in [3.8, 4) is 5.75 Å². The number of hydrogen-bond donors (Lipinski definition) is 1. The minimum atomic E-state index is -0.292. The molecule has 5 nitrogen and oxygen atoms in total. The highest BCUT2D eigenvalue weighted by Crippen LogP contribution is 2.31. The van der Waals surface area contributed by atoms with Crippen molar-refractivity contribution in [3.63, 3.8) is 0 Å². The molecule has 1 saturated carbocycles. The van der Waals surface area contributed by atoms with Gasteiger partial charge >= 0.3 is 6.09 Å². The molecular weight excluding hydrogens is 423 g/mol. The average Bonchev–Trinajstić information content (AvgIpc) is 2.74. The zero-order chi connectivity index (χ0) is 21.1. The van der Waals surface area contributed by atoms with Gasteiger partial charge in [-0.05, 0) is 75.4 Å². The fourth-order valence-corrected chi connectivity index (χ4v) is 4.29. The highest BCUT2D eigenvalue weighted by molar-refractivity contribution is 6.30. The van der Waals surface area contributed by atoms with Crippen molar-refractivity contribution in [1.82, 2.24) is 9.80 Å². The first-order valence-corrected chi connectivity index (χ1v) is 11.4. The van der Waals surface area contributed by atoms with Crippen LogP contribution in [0.2, 0.25) is 5.02 Å². The number of likely N-dealkylation sites (N-methyl/N-ethyl adjacent to an activating group) is 1. The number of benzene rings is 1. The number of carbonyl (C=O) groups excluding carboxylic acids is 1. The second kappa shape index (κ2) is 14.9. The standard InChI is InChI=1S/C23H37ClN2O3.ClH/c1-3-26(17-18-27)16-6-4-5-7-19-8-12-21(13-9-19)25(2)23(28)29-22-14-10-20(24)11-15-22;/h10-11,14-15,19,21,27H,3-9,12-13,16-18H2,1-2H3;1H. The Morgan fingerprint density at radius 1 is 1.10 bits per heavy atom. The Morgan fingerprint density at radius 2 is 1.77 bits per heavy atom. The van der Waals surface area contributed by atoms with Crippen LogP contribution < -0.4 is 4.74 Å². The molecule has 1 aromatic rings. The molecule has 7 heteroatoms. The van der Waals surface area contributed by atoms with Gasteiger partial charge < -0.3 is 19.6 Å². The maximum atomic E-state index is 12.4. The molecule has 1 aliphatic carbocycles. The first-order valence-electron chi connectivity index (χ1n) is 11.1. The van der Waals surface area contributed by atoms with Crippen LogP contribution in [0.25, 0.3) is 0 Å². The molecule has 0 saturated heterocycles. The van der Waals surface area contributed by atoms with Crippen LogP contribution in [0, 0.1) is 5.92 Å². The van der Waals surface area contributed by atoms with E-state index in [0.29, 0.717) is 10.8 Å². The number of unbranched alkanes of at least 4 members (excludes halogenated alkanes) is 2. The van der Waals surface area contributed by atoms with Gasteiger partial charge in [0.15, 0.2) is 0 Å². The number of aliphatic hydroxyl groups excluding tert-OH is 1. The smallest absolute Gasteiger partial charge is 0.410 e. The van der Waals surface area contributed by atoms with Crippen molar-refractivity contribution >= 4 is 30.1 Å². The van der Waals surface area contributed by atoms with E-state index in [2.05, 4.69) is 11.8 Å². The van der Waals surface area contributed by atoms with Crippen molar-refractivity contribution < 1.29 is 14.6 Å². The van der Waals surface area contributed by atoms with E-state index in [4.69, 9.17) is 21.4 Å². The molecular formula is C23H38Cl2N2O3. The van der Waals surface area contributed by atoms with E-state index in [-0.39, 0.29) is 31.1 Å². The maximum absolute atomic E-state index is 12.4. The Hall–Kier alpha value is -1.01. The quantitative estimate of drug-likeness (QED) is 0.434. The second-order valence-electron chi connectivity index (χ2n) is 8.11. The topological polar surface area (TPSA) is 53.0 Å². The first kappa shape index (κ1) is 27.0. The van der Waals surface area contributed by atoms with Crippen molar-refractivity contribution in [1.29, 1.82) is 0 Å². The van der Waals surface area contributed by atoms with Crippen LogP contribution in [0.15, 0.2) is 24.3 Å². The van der Waals surface area contributed by atoms with E-state index < -0.39 is 0 Å². The first-order chi connectivity index (χ1) is 14.0. The van der Waals surface area contributed by atoms with Crippen molar-refractivity contribution in [2.75, 3.05) is 33.3 Å². The number of carbonyl (C=O) groups is 1. The largest absolute Gasteiger partial charge is 0.415 e. The molecule has 0 atom stereocenters. The Bertz CT molecular complexity index is 593. The van der Waals surface area contributed by atoms with Gasteiger partial charge in [0.2, 0.25) is 0 Å². The Morgan fingerprint density at radius 3 is 2.37 bits per heavy atom. The molecule has 0 heterocycles. The van der Waals surface area contributed by atoms with E-state index in [0.717, 1.165) is 38.4 Å². The van der Waals surface area contributed by atoms with Gasteiger partial charge in [-0.15, -0.1) is 12.4 Å². The van der Waals surface area contributed by atoms with E-state index in [1.807, 2.05) is 7.05 Å². The normalized spacial score (nSPS) is 18.7. The molecule has 0 bridgehead atoms. The zero-order valence-corrected chi connectivity index (χ0v) is 20.0. The molecule has 1 N–H and O–H groups in total.